The molecule has 0 unspecified atom stereocenters. The van der Waals surface area contributed by atoms with Gasteiger partial charge in [-0.1, -0.05) is 0 Å². The molecule has 1 aromatic rings. The van der Waals surface area contributed by atoms with Crippen LogP contribution in [0.2, 0.25) is 0 Å². The number of anilines is 1. The Morgan fingerprint density at radius 3 is 2.80 bits per heavy atom. The second-order valence-electron chi connectivity index (χ2n) is 6.68. The summed E-state index contributed by atoms with van der Waals surface area (Å²) in [4.78, 5) is 14.4. The lowest BCUT2D eigenvalue weighted by Crippen LogP contribution is -2.59. The van der Waals surface area contributed by atoms with E-state index in [1.807, 2.05) is 6.92 Å². The van der Waals surface area contributed by atoms with Crippen LogP contribution in [-0.4, -0.2) is 66.3 Å². The number of amides is 1. The number of hydrogen-bond acceptors (Lipinski definition) is 5. The van der Waals surface area contributed by atoms with Crippen molar-refractivity contribution in [3.63, 3.8) is 0 Å². The van der Waals surface area contributed by atoms with E-state index in [0.29, 0.717) is 25.4 Å². The molecule has 2 fully saturated rings. The SMILES string of the molecule is C[C@@H]1CN(S(=O)(=O)N[C@@H]2CCCN(c3ccnn3C)C2=O)[C@H](C)CO1. The first-order valence-electron chi connectivity index (χ1n) is 8.49. The Kier molecular flexibility index (Phi) is 5.14. The van der Waals surface area contributed by atoms with E-state index in [1.54, 1.807) is 35.8 Å². The van der Waals surface area contributed by atoms with Crippen LogP contribution in [0.1, 0.15) is 26.7 Å². The van der Waals surface area contributed by atoms with Gasteiger partial charge in [-0.2, -0.15) is 22.5 Å². The molecule has 25 heavy (non-hydrogen) atoms. The fourth-order valence-electron chi connectivity index (χ4n) is 3.30. The standard InChI is InChI=1S/C15H25N5O4S/c1-11-10-24-12(2)9-20(11)25(22,23)17-13-5-4-8-19(15(13)21)14-6-7-16-18(14)3/h6-7,11-13,17H,4-5,8-10H2,1-3H3/t11-,12-,13-/m1/s1. The summed E-state index contributed by atoms with van der Waals surface area (Å²) >= 11 is 0. The zero-order chi connectivity index (χ0) is 18.2. The van der Waals surface area contributed by atoms with Gasteiger partial charge in [0.15, 0.2) is 0 Å². The maximum absolute atomic E-state index is 12.8. The van der Waals surface area contributed by atoms with Crippen molar-refractivity contribution in [2.45, 2.75) is 44.9 Å². The monoisotopic (exact) mass is 371 g/mol. The molecular formula is C15H25N5O4S. The summed E-state index contributed by atoms with van der Waals surface area (Å²) in [7, 11) is -2.01. The Labute approximate surface area is 148 Å². The van der Waals surface area contributed by atoms with Gasteiger partial charge in [-0.3, -0.25) is 14.4 Å². The normalized spacial score (nSPS) is 29.2. The third-order valence-electron chi connectivity index (χ3n) is 4.66. The van der Waals surface area contributed by atoms with Gasteiger partial charge in [-0.05, 0) is 26.7 Å². The Morgan fingerprint density at radius 1 is 1.36 bits per heavy atom. The number of nitrogens with zero attached hydrogens (tertiary/aromatic N) is 4. The minimum absolute atomic E-state index is 0.166. The molecule has 0 saturated carbocycles. The van der Waals surface area contributed by atoms with Crippen molar-refractivity contribution < 1.29 is 17.9 Å². The molecule has 1 aromatic heterocycles. The molecule has 0 aromatic carbocycles. The lowest BCUT2D eigenvalue weighted by molar-refractivity contribution is -0.121. The molecule has 10 heteroatoms. The largest absolute Gasteiger partial charge is 0.375 e. The number of ether oxygens (including phenoxy) is 1. The molecule has 0 aliphatic carbocycles. The van der Waals surface area contributed by atoms with Crippen LogP contribution in [0, 0.1) is 0 Å². The van der Waals surface area contributed by atoms with Gasteiger partial charge in [0.25, 0.3) is 10.2 Å². The van der Waals surface area contributed by atoms with Crippen molar-refractivity contribution >= 4 is 21.9 Å². The van der Waals surface area contributed by atoms with Crippen molar-refractivity contribution in [2.24, 2.45) is 7.05 Å². The van der Waals surface area contributed by atoms with E-state index >= 15 is 0 Å². The molecule has 9 nitrogen and oxygen atoms in total. The third kappa shape index (κ3) is 3.71. The number of rotatable bonds is 4. The number of aromatic nitrogens is 2. The number of hydrogen-bond donors (Lipinski definition) is 1. The zero-order valence-electron chi connectivity index (χ0n) is 14.8. The van der Waals surface area contributed by atoms with Crippen LogP contribution in [0.5, 0.6) is 0 Å². The van der Waals surface area contributed by atoms with E-state index in [1.165, 1.54) is 4.31 Å². The van der Waals surface area contributed by atoms with Crippen molar-refractivity contribution in [3.05, 3.63) is 12.3 Å². The number of morpholine rings is 1. The first-order valence-corrected chi connectivity index (χ1v) is 9.93. The number of carbonyl (C=O) groups is 1. The van der Waals surface area contributed by atoms with Crippen molar-refractivity contribution in [3.8, 4) is 0 Å². The summed E-state index contributed by atoms with van der Waals surface area (Å²) in [6, 6.07) is 0.722. The molecule has 0 radical (unpaired) electrons. The van der Waals surface area contributed by atoms with Crippen LogP contribution in [-0.2, 0) is 26.8 Å². The van der Waals surface area contributed by atoms with Gasteiger partial charge in [0.2, 0.25) is 5.91 Å². The predicted molar refractivity (Wildman–Crippen MR) is 92.2 cm³/mol. The van der Waals surface area contributed by atoms with Crippen LogP contribution in [0.15, 0.2) is 12.3 Å². The van der Waals surface area contributed by atoms with E-state index < -0.39 is 16.3 Å². The van der Waals surface area contributed by atoms with E-state index in [-0.39, 0.29) is 24.6 Å². The average Bonchev–Trinajstić information content (AvgIpc) is 2.97. The molecule has 2 aliphatic heterocycles. The van der Waals surface area contributed by atoms with Crippen molar-refractivity contribution in [2.75, 3.05) is 24.6 Å². The molecule has 2 aliphatic rings. The topological polar surface area (TPSA) is 96.8 Å². The second kappa shape index (κ2) is 7.02. The smallest absolute Gasteiger partial charge is 0.280 e. The molecule has 3 heterocycles. The van der Waals surface area contributed by atoms with Gasteiger partial charge in [0.05, 0.1) is 18.9 Å². The van der Waals surface area contributed by atoms with Crippen molar-refractivity contribution in [1.82, 2.24) is 18.8 Å². The second-order valence-corrected chi connectivity index (χ2v) is 8.34. The average molecular weight is 371 g/mol. The zero-order valence-corrected chi connectivity index (χ0v) is 15.6. The molecule has 0 bridgehead atoms. The van der Waals surface area contributed by atoms with Gasteiger partial charge in [0, 0.05) is 32.2 Å². The number of nitrogens with one attached hydrogen (secondary N) is 1. The molecule has 140 valence electrons. The molecular weight excluding hydrogens is 346 g/mol. The van der Waals surface area contributed by atoms with E-state index in [2.05, 4.69) is 9.82 Å². The number of aryl methyl sites for hydroxylation is 1. The van der Waals surface area contributed by atoms with Gasteiger partial charge in [-0.15, -0.1) is 0 Å². The predicted octanol–water partition coefficient (Wildman–Crippen LogP) is -0.141. The molecule has 0 spiro atoms. The minimum Gasteiger partial charge on any atom is -0.375 e. The number of piperidine rings is 1. The lowest BCUT2D eigenvalue weighted by Gasteiger charge is -2.38. The Morgan fingerprint density at radius 2 is 2.12 bits per heavy atom. The first kappa shape index (κ1) is 18.3. The highest BCUT2D eigenvalue weighted by Crippen LogP contribution is 2.22. The van der Waals surface area contributed by atoms with Gasteiger partial charge in [-0.25, -0.2) is 0 Å². The van der Waals surface area contributed by atoms with Crippen LogP contribution in [0.3, 0.4) is 0 Å². The molecule has 2 saturated heterocycles. The fourth-order valence-corrected chi connectivity index (χ4v) is 4.95. The highest BCUT2D eigenvalue weighted by Gasteiger charge is 2.38. The van der Waals surface area contributed by atoms with E-state index in [9.17, 15) is 13.2 Å². The van der Waals surface area contributed by atoms with Gasteiger partial charge < -0.3 is 4.74 Å². The highest BCUT2D eigenvalue weighted by molar-refractivity contribution is 7.87. The summed E-state index contributed by atoms with van der Waals surface area (Å²) in [6.45, 7) is 4.83. The van der Waals surface area contributed by atoms with Crippen LogP contribution >= 0.6 is 0 Å². The quantitative estimate of drug-likeness (QED) is 0.795. The Bertz CT molecular complexity index is 734. The summed E-state index contributed by atoms with van der Waals surface area (Å²) in [6.07, 6.45) is 2.66. The third-order valence-corrected chi connectivity index (χ3v) is 6.37. The highest BCUT2D eigenvalue weighted by atomic mass is 32.2. The van der Waals surface area contributed by atoms with Crippen molar-refractivity contribution in [1.29, 1.82) is 0 Å². The van der Waals surface area contributed by atoms with Crippen LogP contribution in [0.4, 0.5) is 5.82 Å². The van der Waals surface area contributed by atoms with Gasteiger partial charge in [0.1, 0.15) is 11.9 Å². The molecule has 3 rings (SSSR count). The summed E-state index contributed by atoms with van der Waals surface area (Å²) in [5.74, 6) is 0.426. The first-order chi connectivity index (χ1) is 11.8. The Hall–Kier alpha value is -1.49. The van der Waals surface area contributed by atoms with E-state index in [4.69, 9.17) is 4.74 Å². The maximum atomic E-state index is 12.8. The van der Waals surface area contributed by atoms with Crippen LogP contribution in [0.25, 0.3) is 0 Å². The Balaban J connectivity index is 1.75. The molecule has 1 N–H and O–H groups in total. The maximum Gasteiger partial charge on any atom is 0.280 e. The summed E-state index contributed by atoms with van der Waals surface area (Å²) in [5, 5.41) is 4.08. The molecule has 3 atom stereocenters. The minimum atomic E-state index is -3.77. The summed E-state index contributed by atoms with van der Waals surface area (Å²) in [5.41, 5.74) is 0. The van der Waals surface area contributed by atoms with Gasteiger partial charge >= 0.3 is 0 Å². The fraction of sp³-hybridized carbons (Fsp3) is 0.733. The van der Waals surface area contributed by atoms with E-state index in [0.717, 1.165) is 6.42 Å². The van der Waals surface area contributed by atoms with Crippen LogP contribution < -0.4 is 9.62 Å². The summed E-state index contributed by atoms with van der Waals surface area (Å²) < 4.78 is 36.7. The molecule has 1 amide bonds. The number of carbonyl (C=O) groups excluding carboxylic acids is 1. The lowest BCUT2D eigenvalue weighted by atomic mass is 10.1.